The molecule has 8 rings (SSSR count). The van der Waals surface area contributed by atoms with E-state index in [9.17, 15) is 9.59 Å². The smallest absolute Gasteiger partial charge is 0.194 e. The number of fused-ring (bicyclic) bond motifs is 4. The summed E-state index contributed by atoms with van der Waals surface area (Å²) in [5.41, 5.74) is 0.0353. The minimum atomic E-state index is 0.00780. The van der Waals surface area contributed by atoms with Crippen LogP contribution < -0.4 is 10.9 Å². The van der Waals surface area contributed by atoms with Crippen LogP contribution in [0.2, 0.25) is 0 Å². The van der Waals surface area contributed by atoms with Gasteiger partial charge in [0.1, 0.15) is 0 Å². The molecule has 0 aliphatic carbocycles. The predicted octanol–water partition coefficient (Wildman–Crippen LogP) is 9.84. The molecule has 0 saturated carbocycles. The van der Waals surface area contributed by atoms with Gasteiger partial charge in [0.2, 0.25) is 0 Å². The molecule has 6 heteroatoms. The van der Waals surface area contributed by atoms with E-state index in [1.54, 1.807) is 0 Å². The van der Waals surface area contributed by atoms with E-state index in [-0.39, 0.29) is 10.9 Å². The Labute approximate surface area is 236 Å². The van der Waals surface area contributed by atoms with Crippen LogP contribution in [0.15, 0.2) is 88.1 Å². The zero-order valence-electron chi connectivity index (χ0n) is 18.1. The lowest BCUT2D eigenvalue weighted by Gasteiger charge is -2.20. The third-order valence-electron chi connectivity index (χ3n) is 7.56. The largest absolute Gasteiger partial charge is 0.289 e. The lowest BCUT2D eigenvalue weighted by Crippen LogP contribution is -2.07. The molecule has 170 valence electrons. The predicted molar refractivity (Wildman–Crippen MR) is 166 cm³/mol. The average Bonchev–Trinajstić information content (AvgIpc) is 2.88. The molecule has 36 heavy (non-hydrogen) atoms. The van der Waals surface area contributed by atoms with Crippen molar-refractivity contribution < 1.29 is 0 Å². The molecule has 8 aromatic carbocycles. The minimum absolute atomic E-state index is 0.00780. The summed E-state index contributed by atoms with van der Waals surface area (Å²) in [5.74, 6) is 0. The molecule has 0 fully saturated rings. The highest BCUT2D eigenvalue weighted by molar-refractivity contribution is 9.13. The maximum atomic E-state index is 13.7. The van der Waals surface area contributed by atoms with E-state index in [0.29, 0.717) is 21.5 Å². The van der Waals surface area contributed by atoms with Gasteiger partial charge in [-0.15, -0.1) is 0 Å². The fraction of sp³-hybridized carbons (Fsp3) is 0. The maximum Gasteiger partial charge on any atom is 0.194 e. The zero-order chi connectivity index (χ0) is 24.6. The van der Waals surface area contributed by atoms with E-state index in [4.69, 9.17) is 0 Å². The summed E-state index contributed by atoms with van der Waals surface area (Å²) in [4.78, 5) is 27.4. The van der Waals surface area contributed by atoms with E-state index in [0.717, 1.165) is 71.8 Å². The number of benzene rings is 8. The molecule has 0 unspecified atom stereocenters. The molecule has 0 saturated heterocycles. The van der Waals surface area contributed by atoms with Crippen molar-refractivity contribution >= 4 is 139 Å². The molecule has 0 N–H and O–H groups in total. The summed E-state index contributed by atoms with van der Waals surface area (Å²) in [7, 11) is 0. The van der Waals surface area contributed by atoms with Crippen molar-refractivity contribution in [1.82, 2.24) is 0 Å². The quantitative estimate of drug-likeness (QED) is 0.115. The molecular weight excluding hydrogens is 712 g/mol. The summed E-state index contributed by atoms with van der Waals surface area (Å²) in [6.45, 7) is 0. The molecule has 0 atom stereocenters. The van der Waals surface area contributed by atoms with Gasteiger partial charge in [0.25, 0.3) is 0 Å². The average molecular weight is 722 g/mol. The molecule has 0 amide bonds. The van der Waals surface area contributed by atoms with Crippen LogP contribution in [0.5, 0.6) is 0 Å². The SMILES string of the molecule is O=c1c2ccc(Br)cc2c2cc3ccc4c(=O)c5ccc(Br)c(Br)c5c5c(Br)c6ccc1c2c6c3c45. The van der Waals surface area contributed by atoms with Crippen LogP contribution in [0.4, 0.5) is 0 Å². The van der Waals surface area contributed by atoms with Crippen LogP contribution in [-0.2, 0) is 0 Å². The van der Waals surface area contributed by atoms with Crippen LogP contribution in [0.25, 0.3) is 75.4 Å². The lowest BCUT2D eigenvalue weighted by atomic mass is 9.84. The molecule has 2 nitrogen and oxygen atoms in total. The van der Waals surface area contributed by atoms with E-state index in [2.05, 4.69) is 69.8 Å². The zero-order valence-corrected chi connectivity index (χ0v) is 24.4. The van der Waals surface area contributed by atoms with Crippen LogP contribution in [0.3, 0.4) is 0 Å². The second-order valence-electron chi connectivity index (χ2n) is 9.24. The second kappa shape index (κ2) is 7.13. The third kappa shape index (κ3) is 2.47. The standard InChI is InChI=1S/C30H10Br4O2/c31-12-2-4-13-18(10-12)19-9-11-1-3-16-24-21(11)23-14(5-6-15(22(19)23)29(13)35)27(33)26(24)25-17(30(16)36)7-8-20(32)28(25)34/h1-10H. The Morgan fingerprint density at radius 3 is 1.86 bits per heavy atom. The van der Waals surface area contributed by atoms with Gasteiger partial charge < -0.3 is 0 Å². The van der Waals surface area contributed by atoms with Crippen molar-refractivity contribution in [3.05, 3.63) is 99.0 Å². The minimum Gasteiger partial charge on any atom is -0.289 e. The van der Waals surface area contributed by atoms with Crippen molar-refractivity contribution in [2.24, 2.45) is 0 Å². The molecule has 0 aromatic heterocycles. The van der Waals surface area contributed by atoms with Crippen LogP contribution in [0, 0.1) is 0 Å². The summed E-state index contributed by atoms with van der Waals surface area (Å²) < 4.78 is 3.60. The van der Waals surface area contributed by atoms with Crippen molar-refractivity contribution in [3.8, 4) is 0 Å². The Hall–Kier alpha value is -2.38. The van der Waals surface area contributed by atoms with Gasteiger partial charge in [-0.05, 0) is 129 Å². The van der Waals surface area contributed by atoms with Gasteiger partial charge in [-0.2, -0.15) is 0 Å². The summed E-state index contributed by atoms with van der Waals surface area (Å²) in [6, 6.07) is 19.8. The van der Waals surface area contributed by atoms with Gasteiger partial charge in [-0.1, -0.05) is 28.1 Å². The van der Waals surface area contributed by atoms with Crippen molar-refractivity contribution in [2.45, 2.75) is 0 Å². The first kappa shape index (κ1) is 21.7. The number of hydrogen-bond acceptors (Lipinski definition) is 2. The molecule has 0 aliphatic heterocycles. The molecule has 0 aliphatic rings. The number of hydrogen-bond donors (Lipinski definition) is 0. The molecule has 8 aromatic rings. The Kier molecular flexibility index (Phi) is 4.30. The Balaban J connectivity index is 1.81. The van der Waals surface area contributed by atoms with Gasteiger partial charge in [0.05, 0.1) is 0 Å². The van der Waals surface area contributed by atoms with Gasteiger partial charge in [-0.25, -0.2) is 0 Å². The van der Waals surface area contributed by atoms with Gasteiger partial charge in [0, 0.05) is 61.0 Å². The molecule has 0 spiro atoms. The Morgan fingerprint density at radius 1 is 0.417 bits per heavy atom. The number of rotatable bonds is 0. The summed E-state index contributed by atoms with van der Waals surface area (Å²) >= 11 is 14.9. The highest BCUT2D eigenvalue weighted by atomic mass is 79.9. The van der Waals surface area contributed by atoms with Crippen molar-refractivity contribution in [3.63, 3.8) is 0 Å². The van der Waals surface area contributed by atoms with Crippen molar-refractivity contribution in [1.29, 1.82) is 0 Å². The highest BCUT2D eigenvalue weighted by Gasteiger charge is 2.25. The van der Waals surface area contributed by atoms with Gasteiger partial charge in [0.15, 0.2) is 10.9 Å². The van der Waals surface area contributed by atoms with Crippen LogP contribution in [0.1, 0.15) is 0 Å². The first-order valence-corrected chi connectivity index (χ1v) is 14.4. The van der Waals surface area contributed by atoms with Gasteiger partial charge in [-0.3, -0.25) is 9.59 Å². The molecular formula is C30H10Br4O2. The third-order valence-corrected chi connectivity index (χ3v) is 10.9. The fourth-order valence-electron chi connectivity index (χ4n) is 6.10. The normalized spacial score (nSPS) is 12.7. The Bertz CT molecular complexity index is 2400. The summed E-state index contributed by atoms with van der Waals surface area (Å²) in [5, 5.41) is 12.6. The first-order valence-electron chi connectivity index (χ1n) is 11.2. The summed E-state index contributed by atoms with van der Waals surface area (Å²) in [6.07, 6.45) is 0. The Morgan fingerprint density at radius 2 is 1.03 bits per heavy atom. The topological polar surface area (TPSA) is 34.1 Å². The lowest BCUT2D eigenvalue weighted by molar-refractivity contribution is 1.65. The van der Waals surface area contributed by atoms with Crippen molar-refractivity contribution in [2.75, 3.05) is 0 Å². The molecule has 0 radical (unpaired) electrons. The maximum absolute atomic E-state index is 13.7. The highest BCUT2D eigenvalue weighted by Crippen LogP contribution is 2.50. The van der Waals surface area contributed by atoms with Crippen LogP contribution >= 0.6 is 63.7 Å². The fourth-order valence-corrected chi connectivity index (χ4v) is 8.06. The molecule has 0 heterocycles. The van der Waals surface area contributed by atoms with E-state index >= 15 is 0 Å². The first-order chi connectivity index (χ1) is 17.4. The van der Waals surface area contributed by atoms with E-state index < -0.39 is 0 Å². The number of halogens is 4. The monoisotopic (exact) mass is 718 g/mol. The second-order valence-corrected chi connectivity index (χ2v) is 12.6. The van der Waals surface area contributed by atoms with E-state index in [1.165, 1.54) is 0 Å². The van der Waals surface area contributed by atoms with E-state index in [1.807, 2.05) is 54.6 Å². The molecule has 0 bridgehead atoms. The van der Waals surface area contributed by atoms with Gasteiger partial charge >= 0.3 is 0 Å². The van der Waals surface area contributed by atoms with Crippen LogP contribution in [-0.4, -0.2) is 0 Å².